The van der Waals surface area contributed by atoms with Crippen molar-refractivity contribution in [2.45, 2.75) is 57.5 Å². The topological polar surface area (TPSA) is 139 Å². The lowest BCUT2D eigenvalue weighted by Gasteiger charge is -2.32. The van der Waals surface area contributed by atoms with Gasteiger partial charge in [-0.15, -0.1) is 0 Å². The van der Waals surface area contributed by atoms with Gasteiger partial charge in [0.05, 0.1) is 22.6 Å². The molecule has 44 heavy (non-hydrogen) atoms. The third-order valence-corrected chi connectivity index (χ3v) is 9.30. The Morgan fingerprint density at radius 1 is 1.07 bits per heavy atom. The highest BCUT2D eigenvalue weighted by Crippen LogP contribution is 2.36. The van der Waals surface area contributed by atoms with E-state index in [4.69, 9.17) is 16.3 Å². The van der Waals surface area contributed by atoms with Gasteiger partial charge in [-0.1, -0.05) is 54.9 Å². The number of hydrogen-bond acceptors (Lipinski definition) is 7. The second-order valence-electron chi connectivity index (χ2n) is 10.3. The minimum atomic E-state index is -4.60. The Kier molecular flexibility index (Phi) is 11.7. The van der Waals surface area contributed by atoms with E-state index in [9.17, 15) is 28.1 Å². The number of carbonyl (C=O) groups excluding carboxylic acids is 2. The number of nitro benzene ring substituents is 1. The van der Waals surface area contributed by atoms with Gasteiger partial charge in [0, 0.05) is 29.2 Å². The lowest BCUT2D eigenvalue weighted by Crippen LogP contribution is -2.53. The Balaban J connectivity index is 2.11. The van der Waals surface area contributed by atoms with Crippen molar-refractivity contribution in [3.05, 3.63) is 93.0 Å². The molecule has 0 aliphatic heterocycles. The van der Waals surface area contributed by atoms with Crippen LogP contribution in [0.4, 0.5) is 11.4 Å². The molecule has 0 fully saturated rings. The van der Waals surface area contributed by atoms with E-state index < -0.39 is 44.0 Å². The highest BCUT2D eigenvalue weighted by atomic mass is 35.5. The minimum absolute atomic E-state index is 0.0451. The first-order valence-corrected chi connectivity index (χ1v) is 15.9. The van der Waals surface area contributed by atoms with E-state index in [1.165, 1.54) is 49.3 Å². The lowest BCUT2D eigenvalue weighted by atomic mass is 10.1. The Morgan fingerprint density at radius 2 is 1.75 bits per heavy atom. The van der Waals surface area contributed by atoms with Crippen molar-refractivity contribution in [2.75, 3.05) is 24.5 Å². The maximum absolute atomic E-state index is 14.2. The molecule has 0 aliphatic carbocycles. The van der Waals surface area contributed by atoms with Gasteiger partial charge in [-0.05, 0) is 63.4 Å². The van der Waals surface area contributed by atoms with Gasteiger partial charge in [0.25, 0.3) is 15.7 Å². The Bertz CT molecular complexity index is 1600. The SMILES string of the molecule is CCC(C)NC(=O)C(C)N(CCc1ccccc1)C(=O)CN(c1cc(Cl)ccc1OC)S(=O)(=O)c1ccc(C)c([N+](=O)[O-])c1. The van der Waals surface area contributed by atoms with Crippen LogP contribution < -0.4 is 14.4 Å². The molecule has 0 heterocycles. The maximum Gasteiger partial charge on any atom is 0.273 e. The van der Waals surface area contributed by atoms with Crippen LogP contribution in [0.1, 0.15) is 38.3 Å². The van der Waals surface area contributed by atoms with Gasteiger partial charge < -0.3 is 15.0 Å². The standard InChI is InChI=1S/C31H37ClN4O7S/c1-6-22(3)33-31(38)23(4)34(17-16-24-10-8-7-9-11-24)30(37)20-35(28-18-25(32)13-15-29(28)43-5)44(41,42)26-14-12-21(2)27(19-26)36(39)40/h7-15,18-19,22-23H,6,16-17,20H2,1-5H3,(H,33,38). The first-order chi connectivity index (χ1) is 20.8. The first-order valence-electron chi connectivity index (χ1n) is 14.0. The third-order valence-electron chi connectivity index (χ3n) is 7.31. The number of amides is 2. The number of ether oxygens (including phenoxy) is 1. The molecule has 13 heteroatoms. The predicted octanol–water partition coefficient (Wildman–Crippen LogP) is 5.14. The molecular formula is C31H37ClN4O7S. The molecule has 0 saturated carbocycles. The van der Waals surface area contributed by atoms with Crippen molar-refractivity contribution < 1.29 is 27.7 Å². The van der Waals surface area contributed by atoms with Crippen molar-refractivity contribution in [1.82, 2.24) is 10.2 Å². The minimum Gasteiger partial charge on any atom is -0.495 e. The van der Waals surface area contributed by atoms with E-state index in [1.54, 1.807) is 6.92 Å². The number of hydrogen-bond donors (Lipinski definition) is 1. The zero-order chi connectivity index (χ0) is 32.6. The van der Waals surface area contributed by atoms with Crippen LogP contribution in [-0.4, -0.2) is 62.3 Å². The number of halogens is 1. The number of benzene rings is 3. The molecule has 2 unspecified atom stereocenters. The van der Waals surface area contributed by atoms with Crippen LogP contribution in [0.25, 0.3) is 0 Å². The quantitative estimate of drug-likeness (QED) is 0.189. The summed E-state index contributed by atoms with van der Waals surface area (Å²) in [6, 6.07) is 16.1. The summed E-state index contributed by atoms with van der Waals surface area (Å²) in [5.41, 5.74) is 0.754. The van der Waals surface area contributed by atoms with Crippen LogP contribution in [0.3, 0.4) is 0 Å². The van der Waals surface area contributed by atoms with E-state index in [0.717, 1.165) is 15.9 Å². The monoisotopic (exact) mass is 644 g/mol. The maximum atomic E-state index is 14.2. The van der Waals surface area contributed by atoms with Crippen LogP contribution in [0.5, 0.6) is 5.75 Å². The number of sulfonamides is 1. The zero-order valence-corrected chi connectivity index (χ0v) is 26.9. The summed E-state index contributed by atoms with van der Waals surface area (Å²) < 4.78 is 34.6. The molecule has 0 bridgehead atoms. The van der Waals surface area contributed by atoms with Crippen molar-refractivity contribution in [1.29, 1.82) is 0 Å². The molecule has 0 radical (unpaired) electrons. The Morgan fingerprint density at radius 3 is 2.36 bits per heavy atom. The number of nitrogens with zero attached hydrogens (tertiary/aromatic N) is 3. The van der Waals surface area contributed by atoms with Crippen molar-refractivity contribution in [3.63, 3.8) is 0 Å². The molecule has 11 nitrogen and oxygen atoms in total. The van der Waals surface area contributed by atoms with Crippen LogP contribution in [0.15, 0.2) is 71.6 Å². The largest absolute Gasteiger partial charge is 0.495 e. The fourth-order valence-corrected chi connectivity index (χ4v) is 6.08. The van der Waals surface area contributed by atoms with Crippen molar-refractivity contribution in [3.8, 4) is 5.75 Å². The summed E-state index contributed by atoms with van der Waals surface area (Å²) in [6.07, 6.45) is 1.09. The summed E-state index contributed by atoms with van der Waals surface area (Å²) in [7, 11) is -3.26. The number of nitro groups is 1. The molecular weight excluding hydrogens is 608 g/mol. The normalized spacial score (nSPS) is 12.6. The van der Waals surface area contributed by atoms with E-state index in [2.05, 4.69) is 5.32 Å². The molecule has 1 N–H and O–H groups in total. The predicted molar refractivity (Wildman–Crippen MR) is 170 cm³/mol. The molecule has 0 saturated heterocycles. The number of rotatable bonds is 14. The number of methoxy groups -OCH3 is 1. The van der Waals surface area contributed by atoms with Crippen molar-refractivity contribution in [2.24, 2.45) is 0 Å². The number of nitrogens with one attached hydrogen (secondary N) is 1. The molecule has 0 spiro atoms. The van der Waals surface area contributed by atoms with Crippen molar-refractivity contribution >= 4 is 44.8 Å². The molecule has 3 rings (SSSR count). The Labute approximate surface area is 263 Å². The van der Waals surface area contributed by atoms with Gasteiger partial charge in [-0.25, -0.2) is 8.42 Å². The molecule has 236 valence electrons. The van der Waals surface area contributed by atoms with E-state index >= 15 is 0 Å². The molecule has 3 aromatic carbocycles. The molecule has 2 atom stereocenters. The first kappa shape index (κ1) is 34.3. The highest BCUT2D eigenvalue weighted by Gasteiger charge is 2.35. The van der Waals surface area contributed by atoms with E-state index in [1.807, 2.05) is 44.2 Å². The summed E-state index contributed by atoms with van der Waals surface area (Å²) >= 11 is 6.26. The van der Waals surface area contributed by atoms with Crippen LogP contribution >= 0.6 is 11.6 Å². The number of anilines is 1. The summed E-state index contributed by atoms with van der Waals surface area (Å²) in [5, 5.41) is 14.7. The second kappa shape index (κ2) is 15.0. The fraction of sp³-hybridized carbons (Fsp3) is 0.355. The van der Waals surface area contributed by atoms with Crippen LogP contribution in [-0.2, 0) is 26.0 Å². The molecule has 2 amide bonds. The smallest absolute Gasteiger partial charge is 0.273 e. The fourth-order valence-electron chi connectivity index (χ4n) is 4.48. The van der Waals surface area contributed by atoms with E-state index in [0.29, 0.717) is 12.8 Å². The molecule has 3 aromatic rings. The zero-order valence-electron chi connectivity index (χ0n) is 25.3. The summed E-state index contributed by atoms with van der Waals surface area (Å²) in [6.45, 7) is 6.23. The number of aryl methyl sites for hydroxylation is 1. The summed E-state index contributed by atoms with van der Waals surface area (Å²) in [5.74, 6) is -0.949. The Hall–Kier alpha value is -4.16. The number of carbonyl (C=O) groups is 2. The van der Waals surface area contributed by atoms with Gasteiger partial charge in [-0.2, -0.15) is 0 Å². The van der Waals surface area contributed by atoms with Gasteiger partial charge in [0.1, 0.15) is 18.3 Å². The molecule has 0 aromatic heterocycles. The second-order valence-corrected chi connectivity index (χ2v) is 12.6. The average molecular weight is 645 g/mol. The highest BCUT2D eigenvalue weighted by molar-refractivity contribution is 7.92. The third kappa shape index (κ3) is 8.26. The van der Waals surface area contributed by atoms with Gasteiger partial charge in [-0.3, -0.25) is 24.0 Å². The lowest BCUT2D eigenvalue weighted by molar-refractivity contribution is -0.385. The van der Waals surface area contributed by atoms with Crippen LogP contribution in [0.2, 0.25) is 5.02 Å². The van der Waals surface area contributed by atoms with E-state index in [-0.39, 0.29) is 40.5 Å². The average Bonchev–Trinajstić information content (AvgIpc) is 3.00. The van der Waals surface area contributed by atoms with Gasteiger partial charge in [0.2, 0.25) is 11.8 Å². The van der Waals surface area contributed by atoms with Gasteiger partial charge in [0.15, 0.2) is 0 Å². The molecule has 0 aliphatic rings. The van der Waals surface area contributed by atoms with Crippen LogP contribution in [0, 0.1) is 17.0 Å². The van der Waals surface area contributed by atoms with Gasteiger partial charge >= 0.3 is 0 Å². The summed E-state index contributed by atoms with van der Waals surface area (Å²) in [4.78, 5) is 39.2.